The number of rotatable bonds is 7. The molecule has 8 heteroatoms. The van der Waals surface area contributed by atoms with Crippen molar-refractivity contribution in [3.8, 4) is 17.6 Å². The van der Waals surface area contributed by atoms with Gasteiger partial charge in [0.15, 0.2) is 0 Å². The molecule has 1 aliphatic carbocycles. The van der Waals surface area contributed by atoms with Gasteiger partial charge < -0.3 is 19.5 Å². The number of aliphatic hydroxyl groups excluding tert-OH is 1. The number of likely N-dealkylation sites (N-methyl/N-ethyl adjacent to an activating group) is 1. The van der Waals surface area contributed by atoms with E-state index in [1.165, 1.54) is 36.4 Å². The normalized spacial score (nSPS) is 24.3. The minimum absolute atomic E-state index is 0.0611. The predicted octanol–water partition coefficient (Wildman–Crippen LogP) is 2.97. The van der Waals surface area contributed by atoms with Crippen molar-refractivity contribution in [3.05, 3.63) is 23.8 Å². The Balaban J connectivity index is 1.92. The lowest BCUT2D eigenvalue weighted by atomic mass is 9.89. The Bertz CT molecular complexity index is 965. The van der Waals surface area contributed by atoms with Gasteiger partial charge in [-0.1, -0.05) is 38.0 Å². The van der Waals surface area contributed by atoms with E-state index in [2.05, 4.69) is 23.8 Å². The number of hydrogen-bond donors (Lipinski definition) is 1. The Kier molecular flexibility index (Phi) is 9.81. The molecule has 0 aromatic heterocycles. The molecule has 1 heterocycles. The van der Waals surface area contributed by atoms with Crippen molar-refractivity contribution in [1.29, 1.82) is 0 Å². The van der Waals surface area contributed by atoms with Gasteiger partial charge in [-0.2, -0.15) is 4.31 Å². The second kappa shape index (κ2) is 12.4. The highest BCUT2D eigenvalue weighted by Crippen LogP contribution is 2.34. The molecule has 7 nitrogen and oxygen atoms in total. The van der Waals surface area contributed by atoms with Gasteiger partial charge in [-0.05, 0) is 50.9 Å². The van der Waals surface area contributed by atoms with E-state index in [0.717, 1.165) is 6.54 Å². The van der Waals surface area contributed by atoms with E-state index in [1.807, 2.05) is 6.92 Å². The molecular weight excluding hydrogens is 452 g/mol. The summed E-state index contributed by atoms with van der Waals surface area (Å²) >= 11 is 0. The van der Waals surface area contributed by atoms with E-state index in [1.54, 1.807) is 32.2 Å². The molecule has 3 atom stereocenters. The van der Waals surface area contributed by atoms with Gasteiger partial charge >= 0.3 is 0 Å². The van der Waals surface area contributed by atoms with Crippen LogP contribution in [-0.2, 0) is 14.8 Å². The molecule has 2 aliphatic rings. The molecule has 1 N–H and O–H groups in total. The quantitative estimate of drug-likeness (QED) is 0.590. The first-order valence-corrected chi connectivity index (χ1v) is 13.8. The van der Waals surface area contributed by atoms with Gasteiger partial charge in [-0.15, -0.1) is 0 Å². The third-order valence-electron chi connectivity index (χ3n) is 6.90. The number of nitrogens with zero attached hydrogens (tertiary/aromatic N) is 2. The molecule has 0 amide bonds. The first-order valence-electron chi connectivity index (χ1n) is 12.4. The maximum Gasteiger partial charge on any atom is 0.247 e. The third-order valence-corrected chi connectivity index (χ3v) is 8.92. The van der Waals surface area contributed by atoms with Crippen LogP contribution >= 0.6 is 0 Å². The number of ether oxygens (including phenoxy) is 2. The molecule has 1 fully saturated rings. The Morgan fingerprint density at radius 3 is 2.68 bits per heavy atom. The molecular formula is C26H40N2O5S. The van der Waals surface area contributed by atoms with Gasteiger partial charge in [0.1, 0.15) is 23.4 Å². The van der Waals surface area contributed by atoms with Gasteiger partial charge in [0, 0.05) is 44.3 Å². The molecule has 0 bridgehead atoms. The summed E-state index contributed by atoms with van der Waals surface area (Å²) < 4.78 is 40.0. The van der Waals surface area contributed by atoms with Crippen LogP contribution in [0.1, 0.15) is 51.5 Å². The number of benzene rings is 1. The summed E-state index contributed by atoms with van der Waals surface area (Å²) in [5.41, 5.74) is 0.676. The van der Waals surface area contributed by atoms with E-state index >= 15 is 0 Å². The lowest BCUT2D eigenvalue weighted by Crippen LogP contribution is -2.49. The number of aliphatic hydroxyl groups is 1. The minimum Gasteiger partial charge on any atom is -0.487 e. The fraction of sp³-hybridized carbons (Fsp3) is 0.692. The number of hydrogen-bond acceptors (Lipinski definition) is 6. The van der Waals surface area contributed by atoms with E-state index < -0.39 is 16.1 Å². The van der Waals surface area contributed by atoms with Crippen LogP contribution < -0.4 is 4.74 Å². The fourth-order valence-corrected chi connectivity index (χ4v) is 6.75. The Labute approximate surface area is 205 Å². The van der Waals surface area contributed by atoms with Crippen LogP contribution in [0, 0.1) is 23.7 Å². The van der Waals surface area contributed by atoms with Crippen LogP contribution in [0.25, 0.3) is 0 Å². The Hall–Kier alpha value is -1.63. The third kappa shape index (κ3) is 6.73. The SMILES string of the molecule is COCC#Cc1ccc2c(c1)O[C@@H](CN(C)CC1CCCCC1)[C@H](C)CN([C@@H](C)CO)S2(=O)=O. The Morgan fingerprint density at radius 2 is 2.00 bits per heavy atom. The first kappa shape index (κ1) is 27.0. The monoisotopic (exact) mass is 492 g/mol. The summed E-state index contributed by atoms with van der Waals surface area (Å²) in [4.78, 5) is 2.45. The summed E-state index contributed by atoms with van der Waals surface area (Å²) in [5.74, 6) is 6.90. The van der Waals surface area contributed by atoms with Gasteiger partial charge in [0.05, 0.1) is 6.61 Å². The number of methoxy groups -OCH3 is 1. The lowest BCUT2D eigenvalue weighted by Gasteiger charge is -2.38. The van der Waals surface area contributed by atoms with Crippen molar-refractivity contribution < 1.29 is 23.0 Å². The smallest absolute Gasteiger partial charge is 0.247 e. The highest BCUT2D eigenvalue weighted by molar-refractivity contribution is 7.89. The van der Waals surface area contributed by atoms with Crippen LogP contribution in [0.2, 0.25) is 0 Å². The van der Waals surface area contributed by atoms with Gasteiger partial charge in [0.2, 0.25) is 10.0 Å². The molecule has 190 valence electrons. The number of fused-ring (bicyclic) bond motifs is 1. The molecule has 0 radical (unpaired) electrons. The lowest BCUT2D eigenvalue weighted by molar-refractivity contribution is 0.0688. The molecule has 1 aromatic rings. The van der Waals surface area contributed by atoms with Crippen LogP contribution in [0.4, 0.5) is 0 Å². The van der Waals surface area contributed by atoms with Crippen molar-refractivity contribution in [2.75, 3.05) is 47.0 Å². The molecule has 0 unspecified atom stereocenters. The molecule has 1 aromatic carbocycles. The topological polar surface area (TPSA) is 79.3 Å². The van der Waals surface area contributed by atoms with Crippen molar-refractivity contribution >= 4 is 10.0 Å². The Morgan fingerprint density at radius 1 is 1.26 bits per heavy atom. The van der Waals surface area contributed by atoms with Crippen molar-refractivity contribution in [2.45, 2.75) is 63.0 Å². The van der Waals surface area contributed by atoms with Crippen LogP contribution in [0.15, 0.2) is 23.1 Å². The second-order valence-corrected chi connectivity index (χ2v) is 11.7. The minimum atomic E-state index is -3.84. The summed E-state index contributed by atoms with van der Waals surface area (Å²) in [6.07, 6.45) is 6.30. The van der Waals surface area contributed by atoms with Crippen molar-refractivity contribution in [1.82, 2.24) is 9.21 Å². The van der Waals surface area contributed by atoms with E-state index in [0.29, 0.717) is 36.9 Å². The van der Waals surface area contributed by atoms with Crippen LogP contribution in [-0.4, -0.2) is 81.9 Å². The molecule has 1 saturated carbocycles. The summed E-state index contributed by atoms with van der Waals surface area (Å²) in [6.45, 7) is 5.84. The zero-order valence-corrected chi connectivity index (χ0v) is 21.8. The fourth-order valence-electron chi connectivity index (χ4n) is 4.92. The average molecular weight is 493 g/mol. The second-order valence-electron chi connectivity index (χ2n) is 9.86. The highest BCUT2D eigenvalue weighted by atomic mass is 32.2. The molecule has 0 spiro atoms. The largest absolute Gasteiger partial charge is 0.487 e. The van der Waals surface area contributed by atoms with Crippen molar-refractivity contribution in [3.63, 3.8) is 0 Å². The van der Waals surface area contributed by atoms with Gasteiger partial charge in [-0.25, -0.2) is 8.42 Å². The van der Waals surface area contributed by atoms with E-state index in [-0.39, 0.29) is 23.5 Å². The number of sulfonamides is 1. The van der Waals surface area contributed by atoms with E-state index in [4.69, 9.17) is 9.47 Å². The standard InChI is InChI=1S/C26H40N2O5S/c1-20-16-28(21(2)19-29)34(30,31)26-13-12-22(11-8-14-32-4)15-24(26)33-25(20)18-27(3)17-23-9-6-5-7-10-23/h12-13,15,20-21,23,25,29H,5-7,9-10,14,16-19H2,1-4H3/t20-,21+,25+/m1/s1. The van der Waals surface area contributed by atoms with Gasteiger partial charge in [0.25, 0.3) is 0 Å². The zero-order chi connectivity index (χ0) is 24.7. The predicted molar refractivity (Wildman–Crippen MR) is 133 cm³/mol. The van der Waals surface area contributed by atoms with Gasteiger partial charge in [-0.3, -0.25) is 0 Å². The first-order chi connectivity index (χ1) is 16.3. The van der Waals surface area contributed by atoms with Crippen LogP contribution in [0.3, 0.4) is 0 Å². The van der Waals surface area contributed by atoms with E-state index in [9.17, 15) is 13.5 Å². The summed E-state index contributed by atoms with van der Waals surface area (Å²) in [5, 5.41) is 9.80. The molecule has 3 rings (SSSR count). The maximum atomic E-state index is 13.6. The zero-order valence-electron chi connectivity index (χ0n) is 21.0. The molecule has 1 aliphatic heterocycles. The maximum absolute atomic E-state index is 13.6. The molecule has 0 saturated heterocycles. The summed E-state index contributed by atoms with van der Waals surface area (Å²) in [6, 6.07) is 4.44. The highest BCUT2D eigenvalue weighted by Gasteiger charge is 2.38. The summed E-state index contributed by atoms with van der Waals surface area (Å²) in [7, 11) is -0.134. The molecule has 34 heavy (non-hydrogen) atoms. The van der Waals surface area contributed by atoms with Crippen molar-refractivity contribution in [2.24, 2.45) is 11.8 Å². The van der Waals surface area contributed by atoms with Crippen LogP contribution in [0.5, 0.6) is 5.75 Å². The average Bonchev–Trinajstić information content (AvgIpc) is 2.81.